The third kappa shape index (κ3) is 3.71. The van der Waals surface area contributed by atoms with Gasteiger partial charge in [-0.25, -0.2) is 4.79 Å². The van der Waals surface area contributed by atoms with E-state index in [1.165, 1.54) is 32.1 Å². The van der Waals surface area contributed by atoms with Crippen molar-refractivity contribution in [1.29, 1.82) is 0 Å². The van der Waals surface area contributed by atoms with Crippen LogP contribution in [0.3, 0.4) is 0 Å². The summed E-state index contributed by atoms with van der Waals surface area (Å²) in [5.41, 5.74) is 4.26. The molecular formula is C15H25NO3. The van der Waals surface area contributed by atoms with Crippen LogP contribution in [0.25, 0.3) is 0 Å². The fourth-order valence-electron chi connectivity index (χ4n) is 3.95. The van der Waals surface area contributed by atoms with Crippen LogP contribution in [-0.4, -0.2) is 17.5 Å². The van der Waals surface area contributed by atoms with Crippen LogP contribution < -0.4 is 5.73 Å². The first-order chi connectivity index (χ1) is 8.74. The number of carbonyl (C=O) groups is 2. The number of amides is 1. The van der Waals surface area contributed by atoms with Gasteiger partial charge in [0.2, 0.25) is 0 Å². The zero-order valence-corrected chi connectivity index (χ0v) is 12.1. The first-order valence-corrected chi connectivity index (χ1v) is 7.27. The van der Waals surface area contributed by atoms with Gasteiger partial charge in [0.15, 0.2) is 0 Å². The van der Waals surface area contributed by atoms with Gasteiger partial charge in [-0.2, -0.15) is 0 Å². The van der Waals surface area contributed by atoms with Gasteiger partial charge in [-0.15, -0.1) is 0 Å². The molecule has 4 aliphatic rings. The quantitative estimate of drug-likeness (QED) is 0.733. The number of nitrogens with two attached hydrogens (primary N) is 1. The first kappa shape index (κ1) is 14.4. The Kier molecular flexibility index (Phi) is 3.88. The van der Waals surface area contributed by atoms with Crippen LogP contribution >= 0.6 is 0 Å². The maximum Gasteiger partial charge on any atom is 0.405 e. The highest BCUT2D eigenvalue weighted by Crippen LogP contribution is 2.51. The van der Waals surface area contributed by atoms with Gasteiger partial charge in [0, 0.05) is 11.8 Å². The number of rotatable bonds is 0. The summed E-state index contributed by atoms with van der Waals surface area (Å²) in [5, 5.41) is 0. The standard InChI is InChI=1S/C10H14O.C5H11NO2/c11-10-8-2-6-1-7(4-8)5-9(10)3-6;1-5(2,3)8-4(6)7/h6-9H,1-5H2;1-3H3,(H2,6,7). The van der Waals surface area contributed by atoms with Gasteiger partial charge < -0.3 is 10.5 Å². The van der Waals surface area contributed by atoms with Gasteiger partial charge in [-0.1, -0.05) is 0 Å². The number of primary amides is 1. The fraction of sp³-hybridized carbons (Fsp3) is 0.867. The fourth-order valence-corrected chi connectivity index (χ4v) is 3.95. The van der Waals surface area contributed by atoms with Crippen LogP contribution in [0.1, 0.15) is 52.9 Å². The van der Waals surface area contributed by atoms with Crippen LogP contribution in [0.5, 0.6) is 0 Å². The molecule has 0 atom stereocenters. The molecule has 0 unspecified atom stereocenters. The number of ketones is 1. The lowest BCUT2D eigenvalue weighted by atomic mass is 9.56. The summed E-state index contributed by atoms with van der Waals surface area (Å²) in [5.74, 6) is 3.51. The van der Waals surface area contributed by atoms with Crippen molar-refractivity contribution in [2.24, 2.45) is 29.4 Å². The molecule has 0 aromatic heterocycles. The molecule has 4 heteroatoms. The second kappa shape index (κ2) is 5.14. The number of carbonyl (C=O) groups excluding carboxylic acids is 2. The predicted molar refractivity (Wildman–Crippen MR) is 72.5 cm³/mol. The Labute approximate surface area is 115 Å². The average Bonchev–Trinajstić information content (AvgIpc) is 2.21. The van der Waals surface area contributed by atoms with Gasteiger partial charge >= 0.3 is 6.09 Å². The molecule has 0 spiro atoms. The average molecular weight is 267 g/mol. The lowest BCUT2D eigenvalue weighted by Crippen LogP contribution is -2.45. The van der Waals surface area contributed by atoms with E-state index in [2.05, 4.69) is 4.74 Å². The highest BCUT2D eigenvalue weighted by atomic mass is 16.6. The summed E-state index contributed by atoms with van der Waals surface area (Å²) < 4.78 is 4.58. The van der Waals surface area contributed by atoms with Crippen LogP contribution in [0, 0.1) is 23.7 Å². The van der Waals surface area contributed by atoms with Gasteiger partial charge in [0.1, 0.15) is 11.4 Å². The van der Waals surface area contributed by atoms with E-state index in [9.17, 15) is 9.59 Å². The Balaban J connectivity index is 0.000000151. The SMILES string of the molecule is CC(C)(C)OC(N)=O.O=C1C2CC3CC(C2)CC1C3. The molecule has 0 aromatic rings. The van der Waals surface area contributed by atoms with Crippen LogP contribution in [0.2, 0.25) is 0 Å². The molecule has 0 aliphatic heterocycles. The molecule has 0 aromatic carbocycles. The topological polar surface area (TPSA) is 69.4 Å². The molecule has 1 amide bonds. The Hall–Kier alpha value is -1.06. The van der Waals surface area contributed by atoms with Crippen molar-refractivity contribution in [3.8, 4) is 0 Å². The maximum atomic E-state index is 11.6. The van der Waals surface area contributed by atoms with Crippen molar-refractivity contribution in [2.75, 3.05) is 0 Å². The molecule has 0 heterocycles. The lowest BCUT2D eigenvalue weighted by molar-refractivity contribution is -0.139. The molecule has 0 radical (unpaired) electrons. The largest absolute Gasteiger partial charge is 0.444 e. The molecular weight excluding hydrogens is 242 g/mol. The smallest absolute Gasteiger partial charge is 0.405 e. The predicted octanol–water partition coefficient (Wildman–Crippen LogP) is 2.89. The first-order valence-electron chi connectivity index (χ1n) is 7.27. The maximum absolute atomic E-state index is 11.6. The van der Waals surface area contributed by atoms with Gasteiger partial charge in [0.25, 0.3) is 0 Å². The highest BCUT2D eigenvalue weighted by Gasteiger charge is 2.47. The van der Waals surface area contributed by atoms with Crippen molar-refractivity contribution in [3.05, 3.63) is 0 Å². The minimum Gasteiger partial charge on any atom is -0.444 e. The molecule has 108 valence electrons. The molecule has 4 aliphatic carbocycles. The van der Waals surface area contributed by atoms with Crippen molar-refractivity contribution in [3.63, 3.8) is 0 Å². The number of hydrogen-bond donors (Lipinski definition) is 1. The minimum absolute atomic E-state index is 0.453. The molecule has 4 nitrogen and oxygen atoms in total. The highest BCUT2D eigenvalue weighted by molar-refractivity contribution is 5.85. The number of hydrogen-bond acceptors (Lipinski definition) is 3. The summed E-state index contributed by atoms with van der Waals surface area (Å²) in [6, 6.07) is 0. The van der Waals surface area contributed by atoms with E-state index < -0.39 is 11.7 Å². The molecule has 2 N–H and O–H groups in total. The van der Waals surface area contributed by atoms with Crippen LogP contribution in [0.4, 0.5) is 4.79 Å². The molecule has 4 saturated carbocycles. The van der Waals surface area contributed by atoms with Crippen LogP contribution in [0.15, 0.2) is 0 Å². The van der Waals surface area contributed by atoms with E-state index in [0.29, 0.717) is 17.6 Å². The molecule has 4 rings (SSSR count). The van der Waals surface area contributed by atoms with E-state index >= 15 is 0 Å². The van der Waals surface area contributed by atoms with Crippen LogP contribution in [-0.2, 0) is 9.53 Å². The summed E-state index contributed by atoms with van der Waals surface area (Å²) in [4.78, 5) is 21.6. The Morgan fingerprint density at radius 3 is 1.74 bits per heavy atom. The Morgan fingerprint density at radius 1 is 1.05 bits per heavy atom. The lowest BCUT2D eigenvalue weighted by Gasteiger charge is -2.48. The van der Waals surface area contributed by atoms with Gasteiger partial charge in [-0.3, -0.25) is 4.79 Å². The Bertz CT molecular complexity index is 340. The summed E-state index contributed by atoms with van der Waals surface area (Å²) in [6.45, 7) is 5.28. The molecule has 19 heavy (non-hydrogen) atoms. The third-order valence-corrected chi connectivity index (χ3v) is 4.35. The zero-order valence-electron chi connectivity index (χ0n) is 12.1. The van der Waals surface area contributed by atoms with E-state index in [1.54, 1.807) is 20.8 Å². The monoisotopic (exact) mass is 267 g/mol. The second-order valence-corrected chi connectivity index (χ2v) is 7.24. The third-order valence-electron chi connectivity index (χ3n) is 4.35. The van der Waals surface area contributed by atoms with E-state index in [4.69, 9.17) is 5.73 Å². The van der Waals surface area contributed by atoms with E-state index in [1.807, 2.05) is 0 Å². The summed E-state index contributed by atoms with van der Waals surface area (Å²) >= 11 is 0. The van der Waals surface area contributed by atoms with Crippen molar-refractivity contribution >= 4 is 11.9 Å². The number of ether oxygens (including phenoxy) is 1. The zero-order chi connectivity index (χ0) is 14.2. The van der Waals surface area contributed by atoms with Gasteiger partial charge in [-0.05, 0) is 64.7 Å². The Morgan fingerprint density at radius 2 is 1.47 bits per heavy atom. The number of Topliss-reactive ketones (excluding diaryl/α,β-unsaturated/α-hetero) is 1. The minimum atomic E-state index is -0.725. The van der Waals surface area contributed by atoms with Crippen molar-refractivity contribution < 1.29 is 14.3 Å². The van der Waals surface area contributed by atoms with Crippen molar-refractivity contribution in [1.82, 2.24) is 0 Å². The second-order valence-electron chi connectivity index (χ2n) is 7.24. The normalized spacial score (nSPS) is 35.6. The summed E-state index contributed by atoms with van der Waals surface area (Å²) in [6.07, 6.45) is 5.69. The molecule has 0 saturated heterocycles. The van der Waals surface area contributed by atoms with E-state index in [0.717, 1.165) is 11.8 Å². The molecule has 4 fully saturated rings. The summed E-state index contributed by atoms with van der Waals surface area (Å²) in [7, 11) is 0. The van der Waals surface area contributed by atoms with E-state index in [-0.39, 0.29) is 0 Å². The van der Waals surface area contributed by atoms with Crippen molar-refractivity contribution in [2.45, 2.75) is 58.5 Å². The molecule has 4 bridgehead atoms. The van der Waals surface area contributed by atoms with Gasteiger partial charge in [0.05, 0.1) is 0 Å².